The van der Waals surface area contributed by atoms with Gasteiger partial charge in [-0.1, -0.05) is 34.8 Å². The first-order valence-electron chi connectivity index (χ1n) is 2.65. The predicted octanol–water partition coefficient (Wildman–Crippen LogP) is 4.13. The molecule has 0 aromatic heterocycles. The molecule has 2 nitrogen and oxygen atoms in total. The highest BCUT2D eigenvalue weighted by Crippen LogP contribution is 2.34. The fourth-order valence-electron chi connectivity index (χ4n) is 0.615. The average Bonchev–Trinajstić information content (AvgIpc) is 1.96. The summed E-state index contributed by atoms with van der Waals surface area (Å²) in [5.74, 6) is 0. The molecule has 1 aromatic carbocycles. The SMILES string of the molecule is N#[N+]c1cc(Cl)cc(Cl)c1Cl. The van der Waals surface area contributed by atoms with Crippen LogP contribution in [0.2, 0.25) is 15.1 Å². The molecule has 0 spiro atoms. The summed E-state index contributed by atoms with van der Waals surface area (Å²) in [7, 11) is 0. The van der Waals surface area contributed by atoms with Gasteiger partial charge in [-0.2, -0.15) is 0 Å². The maximum Gasteiger partial charge on any atom is 0.406 e. The van der Waals surface area contributed by atoms with Crippen molar-refractivity contribution in [3.8, 4) is 0 Å². The molecule has 0 saturated heterocycles. The van der Waals surface area contributed by atoms with E-state index in [2.05, 4.69) is 4.98 Å². The van der Waals surface area contributed by atoms with Crippen molar-refractivity contribution in [2.45, 2.75) is 0 Å². The quantitative estimate of drug-likeness (QED) is 0.465. The maximum absolute atomic E-state index is 8.39. The van der Waals surface area contributed by atoms with Crippen molar-refractivity contribution in [3.05, 3.63) is 32.2 Å². The highest BCUT2D eigenvalue weighted by Gasteiger charge is 2.16. The van der Waals surface area contributed by atoms with Gasteiger partial charge in [0.1, 0.15) is 0 Å². The maximum atomic E-state index is 8.39. The van der Waals surface area contributed by atoms with Gasteiger partial charge in [-0.15, -0.1) is 0 Å². The van der Waals surface area contributed by atoms with Gasteiger partial charge >= 0.3 is 5.69 Å². The Bertz CT molecular complexity index is 329. The minimum Gasteiger partial charge on any atom is -0.0840 e. The Balaban J connectivity index is 3.39. The summed E-state index contributed by atoms with van der Waals surface area (Å²) in [6, 6.07) is 2.88. The van der Waals surface area contributed by atoms with E-state index in [0.717, 1.165) is 0 Å². The molecule has 0 radical (unpaired) electrons. The molecule has 0 amide bonds. The topological polar surface area (TPSA) is 28.1 Å². The molecule has 0 saturated carbocycles. The molecule has 0 N–H and O–H groups in total. The van der Waals surface area contributed by atoms with Gasteiger partial charge in [0, 0.05) is 0 Å². The van der Waals surface area contributed by atoms with E-state index in [1.807, 2.05) is 0 Å². The van der Waals surface area contributed by atoms with Crippen molar-refractivity contribution in [1.82, 2.24) is 0 Å². The van der Waals surface area contributed by atoms with Crippen LogP contribution in [0.5, 0.6) is 0 Å². The van der Waals surface area contributed by atoms with Crippen LogP contribution in [0, 0.1) is 5.39 Å². The molecule has 0 bridgehead atoms. The third kappa shape index (κ3) is 1.75. The monoisotopic (exact) mass is 207 g/mol. The minimum absolute atomic E-state index is 0.171. The standard InChI is InChI=1S/C6H2Cl3N2/c7-3-1-4(8)6(9)5(2-3)11-10/h1-2H/q+1. The Labute approximate surface area is 78.3 Å². The van der Waals surface area contributed by atoms with E-state index in [1.54, 1.807) is 0 Å². The number of rotatable bonds is 0. The summed E-state index contributed by atoms with van der Waals surface area (Å²) < 4.78 is 0. The van der Waals surface area contributed by atoms with Crippen molar-refractivity contribution >= 4 is 40.5 Å². The number of hydrogen-bond acceptors (Lipinski definition) is 1. The Kier molecular flexibility index (Phi) is 2.56. The van der Waals surface area contributed by atoms with Crippen molar-refractivity contribution < 1.29 is 0 Å². The highest BCUT2D eigenvalue weighted by atomic mass is 35.5. The normalized spacial score (nSPS) is 9.27. The molecule has 0 aliphatic heterocycles. The van der Waals surface area contributed by atoms with Crippen LogP contribution in [0.4, 0.5) is 5.69 Å². The van der Waals surface area contributed by atoms with E-state index < -0.39 is 0 Å². The van der Waals surface area contributed by atoms with Crippen LogP contribution < -0.4 is 0 Å². The Morgan fingerprint density at radius 3 is 2.36 bits per heavy atom. The second-order valence-corrected chi connectivity index (χ2v) is 3.04. The Morgan fingerprint density at radius 2 is 1.82 bits per heavy atom. The zero-order valence-corrected chi connectivity index (χ0v) is 7.45. The van der Waals surface area contributed by atoms with Gasteiger partial charge in [0.05, 0.1) is 16.1 Å². The van der Waals surface area contributed by atoms with E-state index in [9.17, 15) is 0 Å². The highest BCUT2D eigenvalue weighted by molar-refractivity contribution is 6.45. The zero-order chi connectivity index (χ0) is 8.43. The largest absolute Gasteiger partial charge is 0.406 e. The molecule has 1 rings (SSSR count). The number of benzene rings is 1. The molecule has 0 unspecified atom stereocenters. The lowest BCUT2D eigenvalue weighted by molar-refractivity contribution is 1.46. The lowest BCUT2D eigenvalue weighted by Crippen LogP contribution is -1.69. The van der Waals surface area contributed by atoms with Crippen molar-refractivity contribution in [1.29, 1.82) is 5.39 Å². The fraction of sp³-hybridized carbons (Fsp3) is 0. The lowest BCUT2D eigenvalue weighted by Gasteiger charge is -1.90. The van der Waals surface area contributed by atoms with Crippen LogP contribution in [-0.4, -0.2) is 0 Å². The van der Waals surface area contributed by atoms with Crippen molar-refractivity contribution in [3.63, 3.8) is 0 Å². The number of halogens is 3. The number of nitrogens with zero attached hydrogens (tertiary/aromatic N) is 2. The van der Waals surface area contributed by atoms with Crippen LogP contribution in [0.3, 0.4) is 0 Å². The molecular formula is C6H2Cl3N2+. The summed E-state index contributed by atoms with van der Waals surface area (Å²) in [6.45, 7) is 0. The summed E-state index contributed by atoms with van der Waals surface area (Å²) in [6.07, 6.45) is 0. The summed E-state index contributed by atoms with van der Waals surface area (Å²) >= 11 is 16.8. The van der Waals surface area contributed by atoms with E-state index in [4.69, 9.17) is 40.2 Å². The first-order chi connectivity index (χ1) is 5.15. The molecule has 0 aliphatic rings. The second kappa shape index (κ2) is 3.27. The van der Waals surface area contributed by atoms with E-state index >= 15 is 0 Å². The third-order valence-electron chi connectivity index (χ3n) is 1.08. The molecular weight excluding hydrogens is 206 g/mol. The van der Waals surface area contributed by atoms with Crippen LogP contribution in [0.25, 0.3) is 4.98 Å². The van der Waals surface area contributed by atoms with Crippen molar-refractivity contribution in [2.24, 2.45) is 0 Å². The van der Waals surface area contributed by atoms with E-state index in [1.165, 1.54) is 12.1 Å². The predicted molar refractivity (Wildman–Crippen MR) is 46.2 cm³/mol. The number of hydrogen-bond donors (Lipinski definition) is 0. The molecule has 11 heavy (non-hydrogen) atoms. The summed E-state index contributed by atoms with van der Waals surface area (Å²) in [4.78, 5) is 2.89. The smallest absolute Gasteiger partial charge is 0.0840 e. The van der Waals surface area contributed by atoms with Crippen LogP contribution in [0.1, 0.15) is 0 Å². The molecule has 0 atom stereocenters. The second-order valence-electron chi connectivity index (χ2n) is 1.82. The van der Waals surface area contributed by atoms with Gasteiger partial charge in [0.15, 0.2) is 10.00 Å². The van der Waals surface area contributed by atoms with Crippen LogP contribution in [-0.2, 0) is 0 Å². The van der Waals surface area contributed by atoms with Gasteiger partial charge < -0.3 is 0 Å². The molecule has 0 aliphatic carbocycles. The first-order valence-corrected chi connectivity index (χ1v) is 3.78. The van der Waals surface area contributed by atoms with E-state index in [-0.39, 0.29) is 15.7 Å². The fourth-order valence-corrected chi connectivity index (χ4v) is 1.24. The van der Waals surface area contributed by atoms with E-state index in [0.29, 0.717) is 5.02 Å². The van der Waals surface area contributed by atoms with Gasteiger partial charge in [-0.3, -0.25) is 0 Å². The van der Waals surface area contributed by atoms with Crippen molar-refractivity contribution in [2.75, 3.05) is 0 Å². The van der Waals surface area contributed by atoms with Gasteiger partial charge in [0.25, 0.3) is 0 Å². The van der Waals surface area contributed by atoms with Gasteiger partial charge in [-0.25, -0.2) is 0 Å². The zero-order valence-electron chi connectivity index (χ0n) is 5.18. The lowest BCUT2D eigenvalue weighted by atomic mass is 10.3. The van der Waals surface area contributed by atoms with Crippen LogP contribution >= 0.6 is 34.8 Å². The molecule has 1 aromatic rings. The molecule has 5 heteroatoms. The molecule has 56 valence electrons. The van der Waals surface area contributed by atoms with Gasteiger partial charge in [0.2, 0.25) is 5.39 Å². The summed E-state index contributed by atoms with van der Waals surface area (Å²) in [5.41, 5.74) is 0.171. The molecule has 0 fully saturated rings. The molecule has 0 heterocycles. The Morgan fingerprint density at radius 1 is 1.18 bits per heavy atom. The first kappa shape index (κ1) is 8.61. The van der Waals surface area contributed by atoms with Gasteiger partial charge in [-0.05, 0) is 6.07 Å². The number of diazo groups is 1. The minimum atomic E-state index is 0.171. The average molecular weight is 208 g/mol. The third-order valence-corrected chi connectivity index (χ3v) is 2.09. The Hall–Kier alpha value is -0.490. The van der Waals surface area contributed by atoms with Crippen LogP contribution in [0.15, 0.2) is 12.1 Å². The summed E-state index contributed by atoms with van der Waals surface area (Å²) in [5, 5.41) is 9.24.